The van der Waals surface area contributed by atoms with E-state index in [2.05, 4.69) is 34.9 Å². The van der Waals surface area contributed by atoms with Crippen molar-refractivity contribution in [1.29, 1.82) is 0 Å². The van der Waals surface area contributed by atoms with Crippen LogP contribution in [-0.2, 0) is 19.5 Å². The molecule has 0 spiro atoms. The van der Waals surface area contributed by atoms with Crippen LogP contribution < -0.4 is 14.2 Å². The Kier molecular flexibility index (Phi) is 8.36. The number of halogens is 1. The minimum Gasteiger partial charge on any atom is -0.479 e. The highest BCUT2D eigenvalue weighted by molar-refractivity contribution is 7.93. The lowest BCUT2D eigenvalue weighted by Crippen LogP contribution is -2.33. The normalized spacial score (nSPS) is 17.7. The number of hydrogen-bond donors (Lipinski definition) is 1. The highest BCUT2D eigenvalue weighted by Gasteiger charge is 2.36. The third-order valence-electron chi connectivity index (χ3n) is 5.88. The van der Waals surface area contributed by atoms with Crippen molar-refractivity contribution in [3.63, 3.8) is 0 Å². The molecule has 0 saturated carbocycles. The molecular formula is C21H27ClN8O6S. The van der Waals surface area contributed by atoms with Gasteiger partial charge in [-0.1, -0.05) is 11.6 Å². The van der Waals surface area contributed by atoms with Crippen molar-refractivity contribution >= 4 is 27.6 Å². The zero-order chi connectivity index (χ0) is 26.6. The second-order valence-corrected chi connectivity index (χ2v) is 10.6. The van der Waals surface area contributed by atoms with Crippen molar-refractivity contribution in [3.8, 4) is 17.4 Å². The highest BCUT2D eigenvalue weighted by Crippen LogP contribution is 2.36. The van der Waals surface area contributed by atoms with E-state index in [1.807, 2.05) is 0 Å². The minimum atomic E-state index is -4.13. The summed E-state index contributed by atoms with van der Waals surface area (Å²) < 4.78 is 53.1. The highest BCUT2D eigenvalue weighted by atomic mass is 35.5. The van der Waals surface area contributed by atoms with Crippen LogP contribution in [0.3, 0.4) is 0 Å². The van der Waals surface area contributed by atoms with E-state index in [0.717, 1.165) is 12.8 Å². The number of ether oxygens (including phenoxy) is 4. The number of rotatable bonds is 10. The predicted molar refractivity (Wildman–Crippen MR) is 132 cm³/mol. The fourth-order valence-corrected chi connectivity index (χ4v) is 5.22. The third kappa shape index (κ3) is 5.58. The van der Waals surface area contributed by atoms with Gasteiger partial charge in [0.05, 0.1) is 25.8 Å². The largest absolute Gasteiger partial charge is 0.479 e. The summed E-state index contributed by atoms with van der Waals surface area (Å²) in [5.41, 5.74) is 0.243. The first-order valence-electron chi connectivity index (χ1n) is 11.3. The Hall–Kier alpha value is -3.14. The molecule has 0 bridgehead atoms. The Morgan fingerprint density at radius 2 is 1.78 bits per heavy atom. The predicted octanol–water partition coefficient (Wildman–Crippen LogP) is 1.93. The Balaban J connectivity index is 1.78. The molecule has 0 radical (unpaired) electrons. The number of nitrogens with one attached hydrogen (secondary N) is 1. The van der Waals surface area contributed by atoms with Crippen molar-refractivity contribution in [2.75, 3.05) is 39.3 Å². The van der Waals surface area contributed by atoms with Gasteiger partial charge in [-0.15, -0.1) is 10.2 Å². The SMILES string of the molecule is COc1ncnc(OC)c1-n1c(NS(=O)(=O)C(C)C(OC)c2ncc(Cl)cn2)nnc1[C@H]1CCCOC1. The van der Waals surface area contributed by atoms with Crippen LogP contribution in [0.5, 0.6) is 11.8 Å². The first kappa shape index (κ1) is 26.9. The van der Waals surface area contributed by atoms with Gasteiger partial charge in [0, 0.05) is 32.0 Å². The molecule has 1 N–H and O–H groups in total. The third-order valence-corrected chi connectivity index (χ3v) is 7.77. The lowest BCUT2D eigenvalue weighted by Gasteiger charge is -2.24. The lowest BCUT2D eigenvalue weighted by atomic mass is 10.0. The molecular weight excluding hydrogens is 528 g/mol. The number of anilines is 1. The molecule has 3 aromatic heterocycles. The maximum absolute atomic E-state index is 13.5. The van der Waals surface area contributed by atoms with E-state index in [1.54, 1.807) is 0 Å². The van der Waals surface area contributed by atoms with Crippen molar-refractivity contribution in [3.05, 3.63) is 35.4 Å². The Morgan fingerprint density at radius 1 is 1.11 bits per heavy atom. The molecule has 2 unspecified atom stereocenters. The van der Waals surface area contributed by atoms with Crippen LogP contribution in [0, 0.1) is 0 Å². The number of sulfonamides is 1. The van der Waals surface area contributed by atoms with E-state index in [4.69, 9.17) is 30.5 Å². The molecule has 0 aliphatic carbocycles. The summed E-state index contributed by atoms with van der Waals surface area (Å²) in [6.07, 6.45) is 4.58. The zero-order valence-corrected chi connectivity index (χ0v) is 22.2. The van der Waals surface area contributed by atoms with Crippen LogP contribution in [-0.4, -0.2) is 82.9 Å². The van der Waals surface area contributed by atoms with Gasteiger partial charge in [-0.25, -0.2) is 18.4 Å². The lowest BCUT2D eigenvalue weighted by molar-refractivity contribution is 0.0775. The van der Waals surface area contributed by atoms with Crippen LogP contribution in [0.4, 0.5) is 5.95 Å². The fourth-order valence-electron chi connectivity index (χ4n) is 3.99. The molecule has 4 rings (SSSR count). The van der Waals surface area contributed by atoms with Crippen molar-refractivity contribution in [2.45, 2.75) is 37.0 Å². The van der Waals surface area contributed by atoms with E-state index < -0.39 is 21.4 Å². The molecule has 14 nitrogen and oxygen atoms in total. The first-order chi connectivity index (χ1) is 17.8. The van der Waals surface area contributed by atoms with Gasteiger partial charge in [0.25, 0.3) is 0 Å². The number of nitrogens with zero attached hydrogens (tertiary/aromatic N) is 7. The van der Waals surface area contributed by atoms with Gasteiger partial charge in [0.2, 0.25) is 27.7 Å². The van der Waals surface area contributed by atoms with Gasteiger partial charge in [-0.05, 0) is 19.8 Å². The van der Waals surface area contributed by atoms with E-state index in [1.165, 1.54) is 51.5 Å². The standard InChI is InChI=1S/C21H27ClN8O6S/c1-12(16(33-2)17-23-8-14(22)9-24-17)37(31,32)29-21-28-27-18(13-6-5-7-36-10-13)30(21)15-19(34-3)25-11-26-20(15)35-4/h8-9,11-13,16H,5-7,10H2,1-4H3,(H,28,29)/t12?,13-,16?/m0/s1. The average molecular weight is 555 g/mol. The van der Waals surface area contributed by atoms with Crippen LogP contribution >= 0.6 is 11.6 Å². The summed E-state index contributed by atoms with van der Waals surface area (Å²) in [5.74, 6) is 0.614. The Labute approximate surface area is 218 Å². The van der Waals surface area contributed by atoms with Gasteiger partial charge >= 0.3 is 0 Å². The molecule has 1 aliphatic heterocycles. The molecule has 16 heteroatoms. The summed E-state index contributed by atoms with van der Waals surface area (Å²) in [4.78, 5) is 16.5. The minimum absolute atomic E-state index is 0.106. The molecule has 3 aromatic rings. The molecule has 37 heavy (non-hydrogen) atoms. The summed E-state index contributed by atoms with van der Waals surface area (Å²) in [5, 5.41) is 7.65. The number of aromatic nitrogens is 7. The van der Waals surface area contributed by atoms with Gasteiger partial charge in [0.1, 0.15) is 23.5 Å². The van der Waals surface area contributed by atoms with Gasteiger partial charge < -0.3 is 18.9 Å². The van der Waals surface area contributed by atoms with Gasteiger partial charge in [-0.3, -0.25) is 9.29 Å². The summed E-state index contributed by atoms with van der Waals surface area (Å²) in [7, 11) is 0.0970. The smallest absolute Gasteiger partial charge is 0.245 e. The van der Waals surface area contributed by atoms with Gasteiger partial charge in [-0.2, -0.15) is 9.97 Å². The van der Waals surface area contributed by atoms with E-state index >= 15 is 0 Å². The zero-order valence-electron chi connectivity index (χ0n) is 20.7. The van der Waals surface area contributed by atoms with Crippen LogP contribution in [0.1, 0.15) is 43.4 Å². The van der Waals surface area contributed by atoms with Crippen LogP contribution in [0.15, 0.2) is 18.7 Å². The van der Waals surface area contributed by atoms with Crippen molar-refractivity contribution in [2.24, 2.45) is 0 Å². The summed E-state index contributed by atoms with van der Waals surface area (Å²) in [6.45, 7) is 2.49. The van der Waals surface area contributed by atoms with Crippen molar-refractivity contribution in [1.82, 2.24) is 34.7 Å². The van der Waals surface area contributed by atoms with E-state index in [9.17, 15) is 8.42 Å². The summed E-state index contributed by atoms with van der Waals surface area (Å²) >= 11 is 5.87. The monoisotopic (exact) mass is 554 g/mol. The fraction of sp³-hybridized carbons (Fsp3) is 0.524. The van der Waals surface area contributed by atoms with Crippen molar-refractivity contribution < 1.29 is 27.4 Å². The molecule has 1 fully saturated rings. The topological polar surface area (TPSA) is 165 Å². The maximum Gasteiger partial charge on any atom is 0.245 e. The Bertz CT molecular complexity index is 1290. The van der Waals surface area contributed by atoms with Crippen LogP contribution in [0.25, 0.3) is 5.69 Å². The molecule has 3 atom stereocenters. The molecule has 200 valence electrons. The Morgan fingerprint density at radius 3 is 2.35 bits per heavy atom. The quantitative estimate of drug-likeness (QED) is 0.387. The second kappa shape index (κ2) is 11.5. The summed E-state index contributed by atoms with van der Waals surface area (Å²) in [6, 6.07) is 0. The first-order valence-corrected chi connectivity index (χ1v) is 13.2. The molecule has 1 aliphatic rings. The average Bonchev–Trinajstić information content (AvgIpc) is 3.32. The van der Waals surface area contributed by atoms with E-state index in [0.29, 0.717) is 24.1 Å². The molecule has 4 heterocycles. The van der Waals surface area contributed by atoms with Crippen LogP contribution in [0.2, 0.25) is 5.02 Å². The van der Waals surface area contributed by atoms with Gasteiger partial charge in [0.15, 0.2) is 11.5 Å². The maximum atomic E-state index is 13.5. The molecule has 0 aromatic carbocycles. The molecule has 1 saturated heterocycles. The number of hydrogen-bond acceptors (Lipinski definition) is 12. The number of methoxy groups -OCH3 is 3. The van der Waals surface area contributed by atoms with E-state index in [-0.39, 0.29) is 35.1 Å². The second-order valence-electron chi connectivity index (χ2n) is 8.14. The molecule has 0 amide bonds.